The molecule has 4 nitrogen and oxygen atoms in total. The van der Waals surface area contributed by atoms with Crippen LogP contribution in [0.15, 0.2) is 0 Å². The Labute approximate surface area is 133 Å². The van der Waals surface area contributed by atoms with Crippen molar-refractivity contribution in [3.8, 4) is 0 Å². The molecular formula is C17H40N4. The summed E-state index contributed by atoms with van der Waals surface area (Å²) in [5.74, 6) is 1.42. The van der Waals surface area contributed by atoms with Crippen molar-refractivity contribution in [1.82, 2.24) is 9.80 Å². The Morgan fingerprint density at radius 3 is 1.86 bits per heavy atom. The molecule has 0 aromatic heterocycles. The topological polar surface area (TPSA) is 58.5 Å². The molecule has 0 aliphatic heterocycles. The van der Waals surface area contributed by atoms with E-state index in [2.05, 4.69) is 51.3 Å². The molecule has 0 aliphatic carbocycles. The standard InChI is InChI=1S/C17H40N4/c1-7-16(4)14-21(13-10-19)17(5,6)20(12-9-18)11-8-15(2)3/h15-16H,7-14,18-19H2,1-6H3. The summed E-state index contributed by atoms with van der Waals surface area (Å²) in [5, 5.41) is 0. The van der Waals surface area contributed by atoms with E-state index >= 15 is 0 Å². The zero-order valence-corrected chi connectivity index (χ0v) is 15.4. The second-order valence-corrected chi connectivity index (χ2v) is 7.20. The summed E-state index contributed by atoms with van der Waals surface area (Å²) in [4.78, 5) is 5.07. The highest BCUT2D eigenvalue weighted by atomic mass is 15.4. The van der Waals surface area contributed by atoms with Gasteiger partial charge in [-0.1, -0.05) is 34.1 Å². The highest BCUT2D eigenvalue weighted by Crippen LogP contribution is 2.22. The van der Waals surface area contributed by atoms with Gasteiger partial charge < -0.3 is 11.5 Å². The van der Waals surface area contributed by atoms with Crippen LogP contribution in [0.1, 0.15) is 54.4 Å². The van der Waals surface area contributed by atoms with Crippen molar-refractivity contribution >= 4 is 0 Å². The Hall–Kier alpha value is -0.160. The average molecular weight is 301 g/mol. The molecule has 128 valence electrons. The molecule has 0 spiro atoms. The second kappa shape index (κ2) is 10.5. The summed E-state index contributed by atoms with van der Waals surface area (Å²) in [6.45, 7) is 19.3. The number of nitrogens with zero attached hydrogens (tertiary/aromatic N) is 2. The van der Waals surface area contributed by atoms with E-state index in [-0.39, 0.29) is 5.66 Å². The van der Waals surface area contributed by atoms with Gasteiger partial charge in [-0.15, -0.1) is 0 Å². The molecule has 1 unspecified atom stereocenters. The van der Waals surface area contributed by atoms with Crippen LogP contribution in [-0.2, 0) is 0 Å². The maximum Gasteiger partial charge on any atom is 0.0680 e. The van der Waals surface area contributed by atoms with E-state index in [1.54, 1.807) is 0 Å². The fraction of sp³-hybridized carbons (Fsp3) is 1.00. The monoisotopic (exact) mass is 300 g/mol. The van der Waals surface area contributed by atoms with Crippen molar-refractivity contribution in [2.24, 2.45) is 23.3 Å². The van der Waals surface area contributed by atoms with Crippen LogP contribution >= 0.6 is 0 Å². The van der Waals surface area contributed by atoms with Crippen molar-refractivity contribution in [3.05, 3.63) is 0 Å². The van der Waals surface area contributed by atoms with E-state index in [9.17, 15) is 0 Å². The van der Waals surface area contributed by atoms with Gasteiger partial charge in [-0.25, -0.2) is 0 Å². The molecule has 0 aromatic carbocycles. The molecule has 1 atom stereocenters. The van der Waals surface area contributed by atoms with Gasteiger partial charge in [-0.3, -0.25) is 9.80 Å². The summed E-state index contributed by atoms with van der Waals surface area (Å²) in [6, 6.07) is 0. The van der Waals surface area contributed by atoms with Gasteiger partial charge in [0.05, 0.1) is 5.66 Å². The minimum atomic E-state index is 0.0110. The maximum absolute atomic E-state index is 5.85. The molecule has 0 amide bonds. The summed E-state index contributed by atoms with van der Waals surface area (Å²) >= 11 is 0. The third-order valence-electron chi connectivity index (χ3n) is 4.55. The van der Waals surface area contributed by atoms with E-state index in [1.165, 1.54) is 12.8 Å². The van der Waals surface area contributed by atoms with Crippen LogP contribution in [0.2, 0.25) is 0 Å². The molecule has 0 saturated heterocycles. The molecule has 0 fully saturated rings. The zero-order valence-electron chi connectivity index (χ0n) is 15.4. The fourth-order valence-electron chi connectivity index (χ4n) is 2.68. The zero-order chi connectivity index (χ0) is 16.5. The highest BCUT2D eigenvalue weighted by Gasteiger charge is 2.32. The largest absolute Gasteiger partial charge is 0.329 e. The predicted molar refractivity (Wildman–Crippen MR) is 94.2 cm³/mol. The average Bonchev–Trinajstić information content (AvgIpc) is 2.42. The van der Waals surface area contributed by atoms with Gasteiger partial charge in [0, 0.05) is 39.3 Å². The van der Waals surface area contributed by atoms with Crippen molar-refractivity contribution in [1.29, 1.82) is 0 Å². The van der Waals surface area contributed by atoms with Crippen LogP contribution in [0.4, 0.5) is 0 Å². The van der Waals surface area contributed by atoms with Gasteiger partial charge in [0.25, 0.3) is 0 Å². The molecule has 0 saturated carbocycles. The lowest BCUT2D eigenvalue weighted by atomic mass is 10.0. The van der Waals surface area contributed by atoms with E-state index in [0.29, 0.717) is 19.0 Å². The molecule has 0 bridgehead atoms. The number of rotatable bonds is 12. The van der Waals surface area contributed by atoms with Crippen LogP contribution in [0, 0.1) is 11.8 Å². The summed E-state index contributed by atoms with van der Waals surface area (Å²) in [6.07, 6.45) is 2.42. The Kier molecular flexibility index (Phi) is 10.5. The van der Waals surface area contributed by atoms with Crippen LogP contribution in [0.5, 0.6) is 0 Å². The number of hydrogen-bond donors (Lipinski definition) is 2. The summed E-state index contributed by atoms with van der Waals surface area (Å²) in [7, 11) is 0. The first-order chi connectivity index (χ1) is 9.79. The van der Waals surface area contributed by atoms with Gasteiger partial charge in [0.15, 0.2) is 0 Å². The van der Waals surface area contributed by atoms with E-state index in [4.69, 9.17) is 11.5 Å². The van der Waals surface area contributed by atoms with Gasteiger partial charge in [-0.05, 0) is 32.1 Å². The van der Waals surface area contributed by atoms with E-state index < -0.39 is 0 Å². The molecule has 0 aromatic rings. The lowest BCUT2D eigenvalue weighted by molar-refractivity contribution is -0.0388. The smallest absolute Gasteiger partial charge is 0.0680 e. The Bertz CT molecular complexity index is 253. The number of nitrogens with two attached hydrogens (primary N) is 2. The fourth-order valence-corrected chi connectivity index (χ4v) is 2.68. The van der Waals surface area contributed by atoms with Crippen LogP contribution in [0.25, 0.3) is 0 Å². The minimum Gasteiger partial charge on any atom is -0.329 e. The highest BCUT2D eigenvalue weighted by molar-refractivity contribution is 4.84. The third-order valence-corrected chi connectivity index (χ3v) is 4.55. The summed E-state index contributed by atoms with van der Waals surface area (Å²) in [5.41, 5.74) is 11.7. The quantitative estimate of drug-likeness (QED) is 0.543. The predicted octanol–water partition coefficient (Wildman–Crippen LogP) is 2.34. The van der Waals surface area contributed by atoms with Crippen molar-refractivity contribution in [3.63, 3.8) is 0 Å². The van der Waals surface area contributed by atoms with Gasteiger partial charge in [0.1, 0.15) is 0 Å². The SMILES string of the molecule is CCC(C)CN(CCN)C(C)(C)N(CCN)CCC(C)C. The lowest BCUT2D eigenvalue weighted by Crippen LogP contribution is -2.60. The van der Waals surface area contributed by atoms with Crippen molar-refractivity contribution in [2.45, 2.75) is 60.0 Å². The molecular weight excluding hydrogens is 260 g/mol. The Morgan fingerprint density at radius 2 is 1.43 bits per heavy atom. The molecule has 21 heavy (non-hydrogen) atoms. The molecule has 0 rings (SSSR count). The van der Waals surface area contributed by atoms with E-state index in [1.807, 2.05) is 0 Å². The van der Waals surface area contributed by atoms with Gasteiger partial charge in [-0.2, -0.15) is 0 Å². The van der Waals surface area contributed by atoms with Crippen LogP contribution < -0.4 is 11.5 Å². The van der Waals surface area contributed by atoms with E-state index in [0.717, 1.165) is 32.1 Å². The summed E-state index contributed by atoms with van der Waals surface area (Å²) < 4.78 is 0. The first-order valence-corrected chi connectivity index (χ1v) is 8.69. The molecule has 0 aliphatic rings. The number of hydrogen-bond acceptors (Lipinski definition) is 4. The normalized spacial score (nSPS) is 14.4. The molecule has 4 N–H and O–H groups in total. The minimum absolute atomic E-state index is 0.0110. The van der Waals surface area contributed by atoms with Crippen molar-refractivity contribution < 1.29 is 0 Å². The molecule has 0 heterocycles. The van der Waals surface area contributed by atoms with Crippen LogP contribution in [-0.4, -0.2) is 54.7 Å². The molecule has 0 radical (unpaired) electrons. The Balaban J connectivity index is 4.97. The maximum atomic E-state index is 5.85. The lowest BCUT2D eigenvalue weighted by Gasteiger charge is -2.48. The first-order valence-electron chi connectivity index (χ1n) is 8.69. The van der Waals surface area contributed by atoms with Crippen molar-refractivity contribution in [2.75, 3.05) is 39.3 Å². The third kappa shape index (κ3) is 7.59. The Morgan fingerprint density at radius 1 is 0.905 bits per heavy atom. The molecule has 4 heteroatoms. The van der Waals surface area contributed by atoms with Crippen LogP contribution in [0.3, 0.4) is 0 Å². The van der Waals surface area contributed by atoms with Gasteiger partial charge >= 0.3 is 0 Å². The first kappa shape index (κ1) is 20.8. The second-order valence-electron chi connectivity index (χ2n) is 7.20. The van der Waals surface area contributed by atoms with Gasteiger partial charge in [0.2, 0.25) is 0 Å².